The summed E-state index contributed by atoms with van der Waals surface area (Å²) < 4.78 is 1.94. The minimum absolute atomic E-state index is 0.474. The molecule has 0 aliphatic heterocycles. The van der Waals surface area contributed by atoms with Crippen LogP contribution in [0.1, 0.15) is 31.0 Å². The highest BCUT2D eigenvalue weighted by Crippen LogP contribution is 2.17. The van der Waals surface area contributed by atoms with Gasteiger partial charge in [-0.15, -0.1) is 6.42 Å². The zero-order valence-corrected chi connectivity index (χ0v) is 8.36. The predicted octanol–water partition coefficient (Wildman–Crippen LogP) is 2.44. The third-order valence-corrected chi connectivity index (χ3v) is 2.29. The van der Waals surface area contributed by atoms with E-state index in [1.54, 1.807) is 6.20 Å². The van der Waals surface area contributed by atoms with Crippen molar-refractivity contribution in [1.82, 2.24) is 9.61 Å². The van der Waals surface area contributed by atoms with E-state index in [0.717, 1.165) is 11.1 Å². The number of hydrogen-bond acceptors (Lipinski definition) is 1. The quantitative estimate of drug-likeness (QED) is 0.622. The maximum absolute atomic E-state index is 5.31. The molecule has 0 spiro atoms. The summed E-state index contributed by atoms with van der Waals surface area (Å²) in [7, 11) is 0. The van der Waals surface area contributed by atoms with Gasteiger partial charge in [-0.05, 0) is 24.1 Å². The summed E-state index contributed by atoms with van der Waals surface area (Å²) in [5, 5.41) is 4.31. The number of terminal acetylenes is 1. The van der Waals surface area contributed by atoms with E-state index >= 15 is 0 Å². The van der Waals surface area contributed by atoms with Crippen molar-refractivity contribution in [3.05, 3.63) is 35.7 Å². The molecule has 0 N–H and O–H groups in total. The first-order valence-electron chi connectivity index (χ1n) is 4.66. The van der Waals surface area contributed by atoms with E-state index in [-0.39, 0.29) is 0 Å². The molecule has 2 heterocycles. The minimum atomic E-state index is 0.474. The molecule has 0 saturated heterocycles. The molecule has 2 heteroatoms. The van der Waals surface area contributed by atoms with Crippen LogP contribution in [-0.4, -0.2) is 9.61 Å². The van der Waals surface area contributed by atoms with Crippen LogP contribution in [0.25, 0.3) is 5.52 Å². The van der Waals surface area contributed by atoms with E-state index in [2.05, 4.69) is 30.9 Å². The Balaban J connectivity index is 2.67. The molecule has 0 aliphatic carbocycles. The van der Waals surface area contributed by atoms with Gasteiger partial charge in [-0.2, -0.15) is 5.10 Å². The molecule has 70 valence electrons. The fourth-order valence-corrected chi connectivity index (χ4v) is 1.54. The zero-order chi connectivity index (χ0) is 10.1. The topological polar surface area (TPSA) is 17.3 Å². The van der Waals surface area contributed by atoms with Gasteiger partial charge in [0.1, 0.15) is 0 Å². The van der Waals surface area contributed by atoms with Crippen LogP contribution >= 0.6 is 0 Å². The van der Waals surface area contributed by atoms with Gasteiger partial charge in [-0.1, -0.05) is 19.8 Å². The first-order valence-corrected chi connectivity index (χ1v) is 4.66. The van der Waals surface area contributed by atoms with Crippen LogP contribution in [0.15, 0.2) is 24.4 Å². The van der Waals surface area contributed by atoms with Gasteiger partial charge in [-0.3, -0.25) is 0 Å². The monoisotopic (exact) mass is 184 g/mol. The Morgan fingerprint density at radius 2 is 2.21 bits per heavy atom. The largest absolute Gasteiger partial charge is 0.238 e. The van der Waals surface area contributed by atoms with E-state index in [9.17, 15) is 0 Å². The maximum Gasteiger partial charge on any atom is 0.0662 e. The van der Waals surface area contributed by atoms with Gasteiger partial charge in [0.25, 0.3) is 0 Å². The van der Waals surface area contributed by atoms with E-state index in [4.69, 9.17) is 6.42 Å². The molecule has 0 aromatic carbocycles. The number of hydrogen-bond donors (Lipinski definition) is 0. The number of rotatable bonds is 1. The highest BCUT2D eigenvalue weighted by molar-refractivity contribution is 5.53. The van der Waals surface area contributed by atoms with Crippen molar-refractivity contribution in [2.24, 2.45) is 0 Å². The number of fused-ring (bicyclic) bond motifs is 1. The lowest BCUT2D eigenvalue weighted by Crippen LogP contribution is -1.98. The first kappa shape index (κ1) is 8.83. The lowest BCUT2D eigenvalue weighted by atomic mass is 10.1. The predicted molar refractivity (Wildman–Crippen MR) is 57.2 cm³/mol. The molecule has 0 aliphatic rings. The van der Waals surface area contributed by atoms with Crippen LogP contribution in [0.2, 0.25) is 0 Å². The standard InChI is InChI=1S/C12H12N2/c1-4-10-7-11-5-6-12(9(2)3)14(11)13-8-10/h1,5-9H,2-3H3. The van der Waals surface area contributed by atoms with Crippen molar-refractivity contribution < 1.29 is 0 Å². The minimum Gasteiger partial charge on any atom is -0.238 e. The van der Waals surface area contributed by atoms with E-state index in [1.165, 1.54) is 5.69 Å². The Kier molecular flexibility index (Phi) is 2.01. The highest BCUT2D eigenvalue weighted by atomic mass is 15.2. The van der Waals surface area contributed by atoms with Crippen molar-refractivity contribution in [1.29, 1.82) is 0 Å². The molecular formula is C12H12N2. The van der Waals surface area contributed by atoms with Crippen LogP contribution in [0, 0.1) is 12.3 Å². The second kappa shape index (κ2) is 3.19. The number of nitrogens with zero attached hydrogens (tertiary/aromatic N) is 2. The van der Waals surface area contributed by atoms with Crippen molar-refractivity contribution in [2.45, 2.75) is 19.8 Å². The van der Waals surface area contributed by atoms with Gasteiger partial charge in [-0.25, -0.2) is 4.52 Å². The van der Waals surface area contributed by atoms with Crippen LogP contribution in [0.5, 0.6) is 0 Å². The molecule has 0 atom stereocenters. The second-order valence-corrected chi connectivity index (χ2v) is 3.64. The molecule has 0 unspecified atom stereocenters. The second-order valence-electron chi connectivity index (χ2n) is 3.64. The zero-order valence-electron chi connectivity index (χ0n) is 8.36. The smallest absolute Gasteiger partial charge is 0.0662 e. The van der Waals surface area contributed by atoms with Crippen LogP contribution in [-0.2, 0) is 0 Å². The Labute approximate surface area is 83.6 Å². The molecular weight excluding hydrogens is 172 g/mol. The van der Waals surface area contributed by atoms with Gasteiger partial charge in [0.15, 0.2) is 0 Å². The van der Waals surface area contributed by atoms with E-state index in [1.807, 2.05) is 16.6 Å². The van der Waals surface area contributed by atoms with Crippen LogP contribution in [0.3, 0.4) is 0 Å². The fourth-order valence-electron chi connectivity index (χ4n) is 1.54. The van der Waals surface area contributed by atoms with Gasteiger partial charge in [0, 0.05) is 11.3 Å². The normalized spacial score (nSPS) is 10.7. The first-order chi connectivity index (χ1) is 6.72. The van der Waals surface area contributed by atoms with Crippen molar-refractivity contribution >= 4 is 5.52 Å². The molecule has 0 amide bonds. The average molecular weight is 184 g/mol. The highest BCUT2D eigenvalue weighted by Gasteiger charge is 2.06. The third-order valence-electron chi connectivity index (χ3n) is 2.29. The molecule has 0 fully saturated rings. The van der Waals surface area contributed by atoms with Gasteiger partial charge in [0.05, 0.1) is 11.7 Å². The lowest BCUT2D eigenvalue weighted by Gasteiger charge is -2.04. The van der Waals surface area contributed by atoms with E-state index < -0.39 is 0 Å². The molecule has 2 aromatic heterocycles. The Morgan fingerprint density at radius 1 is 1.43 bits per heavy atom. The average Bonchev–Trinajstić information content (AvgIpc) is 2.59. The lowest BCUT2D eigenvalue weighted by molar-refractivity contribution is 0.758. The van der Waals surface area contributed by atoms with Crippen molar-refractivity contribution in [2.75, 3.05) is 0 Å². The molecule has 0 bridgehead atoms. The van der Waals surface area contributed by atoms with Gasteiger partial charge in [0.2, 0.25) is 0 Å². The molecule has 2 aromatic rings. The van der Waals surface area contributed by atoms with Gasteiger partial charge >= 0.3 is 0 Å². The summed E-state index contributed by atoms with van der Waals surface area (Å²) in [4.78, 5) is 0. The Morgan fingerprint density at radius 3 is 2.86 bits per heavy atom. The summed E-state index contributed by atoms with van der Waals surface area (Å²) in [6, 6.07) is 6.11. The van der Waals surface area contributed by atoms with Crippen LogP contribution in [0.4, 0.5) is 0 Å². The molecule has 2 rings (SSSR count). The van der Waals surface area contributed by atoms with Crippen molar-refractivity contribution in [3.63, 3.8) is 0 Å². The molecule has 0 saturated carbocycles. The Hall–Kier alpha value is -1.75. The third kappa shape index (κ3) is 1.27. The van der Waals surface area contributed by atoms with Crippen molar-refractivity contribution in [3.8, 4) is 12.3 Å². The summed E-state index contributed by atoms with van der Waals surface area (Å²) >= 11 is 0. The number of aromatic nitrogens is 2. The summed E-state index contributed by atoms with van der Waals surface area (Å²) in [6.07, 6.45) is 7.03. The molecule has 2 nitrogen and oxygen atoms in total. The Bertz CT molecular complexity index is 501. The summed E-state index contributed by atoms with van der Waals surface area (Å²) in [5.74, 6) is 3.06. The SMILES string of the molecule is C#Cc1cnn2c(C(C)C)ccc2c1. The molecule has 14 heavy (non-hydrogen) atoms. The van der Waals surface area contributed by atoms with Gasteiger partial charge < -0.3 is 0 Å². The fraction of sp³-hybridized carbons (Fsp3) is 0.250. The summed E-state index contributed by atoms with van der Waals surface area (Å²) in [6.45, 7) is 4.30. The van der Waals surface area contributed by atoms with Crippen LogP contribution < -0.4 is 0 Å². The molecule has 0 radical (unpaired) electrons. The van der Waals surface area contributed by atoms with E-state index in [0.29, 0.717) is 5.92 Å². The summed E-state index contributed by atoms with van der Waals surface area (Å²) in [5.41, 5.74) is 3.10. The maximum atomic E-state index is 5.31.